The first-order chi connectivity index (χ1) is 8.95. The third kappa shape index (κ3) is 4.37. The van der Waals surface area contributed by atoms with Crippen LogP contribution in [0.2, 0.25) is 0 Å². The molecular formula is C14H21N3O2. The smallest absolute Gasteiger partial charge is 0.240 e. The van der Waals surface area contributed by atoms with Crippen LogP contribution in [0.1, 0.15) is 25.0 Å². The van der Waals surface area contributed by atoms with Crippen molar-refractivity contribution in [2.24, 2.45) is 17.4 Å². The van der Waals surface area contributed by atoms with Crippen molar-refractivity contribution < 1.29 is 9.59 Å². The third-order valence-corrected chi connectivity index (χ3v) is 2.98. The Morgan fingerprint density at radius 1 is 1.21 bits per heavy atom. The van der Waals surface area contributed by atoms with Crippen LogP contribution in [0.4, 0.5) is 0 Å². The molecule has 0 radical (unpaired) electrons. The molecule has 1 aromatic rings. The molecule has 1 aromatic carbocycles. The normalized spacial score (nSPS) is 12.2. The summed E-state index contributed by atoms with van der Waals surface area (Å²) in [6.45, 7) is 4.06. The van der Waals surface area contributed by atoms with Gasteiger partial charge in [-0.15, -0.1) is 0 Å². The van der Waals surface area contributed by atoms with Crippen molar-refractivity contribution in [2.75, 3.05) is 0 Å². The molecular weight excluding hydrogens is 242 g/mol. The first kappa shape index (κ1) is 15.2. The number of primary amides is 1. The van der Waals surface area contributed by atoms with Crippen LogP contribution >= 0.6 is 0 Å². The van der Waals surface area contributed by atoms with Gasteiger partial charge in [-0.05, 0) is 17.0 Å². The maximum Gasteiger partial charge on any atom is 0.240 e. The molecule has 0 fully saturated rings. The maximum atomic E-state index is 11.9. The first-order valence-corrected chi connectivity index (χ1v) is 6.31. The van der Waals surface area contributed by atoms with Crippen LogP contribution < -0.4 is 16.8 Å². The second-order valence-electron chi connectivity index (χ2n) is 4.84. The lowest BCUT2D eigenvalue weighted by Crippen LogP contribution is -2.48. The summed E-state index contributed by atoms with van der Waals surface area (Å²) in [7, 11) is 0. The van der Waals surface area contributed by atoms with Gasteiger partial charge in [0.25, 0.3) is 0 Å². The summed E-state index contributed by atoms with van der Waals surface area (Å²) >= 11 is 0. The molecule has 0 saturated carbocycles. The van der Waals surface area contributed by atoms with E-state index in [1.54, 1.807) is 0 Å². The third-order valence-electron chi connectivity index (χ3n) is 2.98. The second kappa shape index (κ2) is 6.89. The minimum absolute atomic E-state index is 0.0359. The van der Waals surface area contributed by atoms with Crippen LogP contribution in [0.5, 0.6) is 0 Å². The molecule has 104 valence electrons. The summed E-state index contributed by atoms with van der Waals surface area (Å²) in [4.78, 5) is 23.2. The molecule has 0 heterocycles. The number of benzene rings is 1. The predicted molar refractivity (Wildman–Crippen MR) is 74.0 cm³/mol. The van der Waals surface area contributed by atoms with E-state index in [0.29, 0.717) is 6.54 Å². The van der Waals surface area contributed by atoms with Crippen LogP contribution in [-0.4, -0.2) is 17.9 Å². The molecule has 0 bridgehead atoms. The Labute approximate surface area is 113 Å². The van der Waals surface area contributed by atoms with Gasteiger partial charge in [0.2, 0.25) is 11.8 Å². The standard InChI is InChI=1S/C14H21N3O2/c1-9(2)13(14(16)19)17-12(18)7-10-5-3-4-6-11(10)8-15/h3-6,9,13H,7-8,15H2,1-2H3,(H2,16,19)(H,17,18). The molecule has 0 saturated heterocycles. The maximum absolute atomic E-state index is 11.9. The Bertz CT molecular complexity index is 458. The van der Waals surface area contributed by atoms with E-state index < -0.39 is 11.9 Å². The molecule has 0 spiro atoms. The monoisotopic (exact) mass is 263 g/mol. The molecule has 1 atom stereocenters. The van der Waals surface area contributed by atoms with E-state index in [4.69, 9.17) is 11.5 Å². The molecule has 0 aliphatic rings. The number of hydrogen-bond acceptors (Lipinski definition) is 3. The van der Waals surface area contributed by atoms with Crippen LogP contribution in [0.15, 0.2) is 24.3 Å². The number of carbonyl (C=O) groups is 2. The zero-order chi connectivity index (χ0) is 14.4. The predicted octanol–water partition coefficient (Wildman–Crippen LogP) is 0.314. The number of rotatable bonds is 6. The van der Waals surface area contributed by atoms with Crippen LogP contribution in [-0.2, 0) is 22.6 Å². The van der Waals surface area contributed by atoms with Crippen molar-refractivity contribution in [1.29, 1.82) is 0 Å². The Morgan fingerprint density at radius 2 is 1.79 bits per heavy atom. The second-order valence-corrected chi connectivity index (χ2v) is 4.84. The Hall–Kier alpha value is -1.88. The highest BCUT2D eigenvalue weighted by Gasteiger charge is 2.21. The highest BCUT2D eigenvalue weighted by molar-refractivity contribution is 5.87. The lowest BCUT2D eigenvalue weighted by molar-refractivity contribution is -0.127. The highest BCUT2D eigenvalue weighted by Crippen LogP contribution is 2.09. The molecule has 19 heavy (non-hydrogen) atoms. The van der Waals surface area contributed by atoms with E-state index in [1.165, 1.54) is 0 Å². The quantitative estimate of drug-likeness (QED) is 0.689. The molecule has 2 amide bonds. The minimum atomic E-state index is -0.641. The number of nitrogens with one attached hydrogen (secondary N) is 1. The van der Waals surface area contributed by atoms with Crippen molar-refractivity contribution >= 4 is 11.8 Å². The zero-order valence-corrected chi connectivity index (χ0v) is 11.3. The van der Waals surface area contributed by atoms with Crippen molar-refractivity contribution in [3.8, 4) is 0 Å². The molecule has 5 heteroatoms. The molecule has 0 aliphatic carbocycles. The molecule has 5 nitrogen and oxygen atoms in total. The fourth-order valence-corrected chi connectivity index (χ4v) is 1.89. The Kier molecular flexibility index (Phi) is 5.51. The van der Waals surface area contributed by atoms with E-state index in [1.807, 2.05) is 38.1 Å². The summed E-state index contributed by atoms with van der Waals surface area (Å²) in [6.07, 6.45) is 0.198. The summed E-state index contributed by atoms with van der Waals surface area (Å²) in [5, 5.41) is 2.66. The van der Waals surface area contributed by atoms with Gasteiger partial charge in [-0.1, -0.05) is 38.1 Å². The van der Waals surface area contributed by atoms with Gasteiger partial charge >= 0.3 is 0 Å². The van der Waals surface area contributed by atoms with Crippen LogP contribution in [0, 0.1) is 5.92 Å². The van der Waals surface area contributed by atoms with E-state index in [2.05, 4.69) is 5.32 Å². The van der Waals surface area contributed by atoms with Crippen LogP contribution in [0.25, 0.3) is 0 Å². The van der Waals surface area contributed by atoms with E-state index in [0.717, 1.165) is 11.1 Å². The van der Waals surface area contributed by atoms with Gasteiger partial charge in [-0.3, -0.25) is 9.59 Å². The van der Waals surface area contributed by atoms with Crippen molar-refractivity contribution in [2.45, 2.75) is 32.9 Å². The van der Waals surface area contributed by atoms with E-state index >= 15 is 0 Å². The van der Waals surface area contributed by atoms with Crippen molar-refractivity contribution in [3.63, 3.8) is 0 Å². The largest absolute Gasteiger partial charge is 0.368 e. The molecule has 1 unspecified atom stereocenters. The van der Waals surface area contributed by atoms with Gasteiger partial charge in [0, 0.05) is 6.54 Å². The summed E-state index contributed by atoms with van der Waals surface area (Å²) < 4.78 is 0. The zero-order valence-electron chi connectivity index (χ0n) is 11.3. The minimum Gasteiger partial charge on any atom is -0.368 e. The fraction of sp³-hybridized carbons (Fsp3) is 0.429. The number of nitrogens with two attached hydrogens (primary N) is 2. The molecule has 0 aromatic heterocycles. The lowest BCUT2D eigenvalue weighted by Gasteiger charge is -2.19. The van der Waals surface area contributed by atoms with Gasteiger partial charge in [0.1, 0.15) is 6.04 Å². The van der Waals surface area contributed by atoms with Gasteiger partial charge in [-0.25, -0.2) is 0 Å². The van der Waals surface area contributed by atoms with Crippen LogP contribution in [0.3, 0.4) is 0 Å². The average Bonchev–Trinajstić information content (AvgIpc) is 2.36. The van der Waals surface area contributed by atoms with E-state index in [9.17, 15) is 9.59 Å². The summed E-state index contributed by atoms with van der Waals surface area (Å²) in [5.74, 6) is -0.778. The molecule has 0 aliphatic heterocycles. The van der Waals surface area contributed by atoms with Gasteiger partial charge in [0.15, 0.2) is 0 Å². The number of hydrogen-bond donors (Lipinski definition) is 3. The average molecular weight is 263 g/mol. The first-order valence-electron chi connectivity index (χ1n) is 6.31. The number of carbonyl (C=O) groups excluding carboxylic acids is 2. The fourth-order valence-electron chi connectivity index (χ4n) is 1.89. The number of amides is 2. The van der Waals surface area contributed by atoms with Gasteiger partial charge in [-0.2, -0.15) is 0 Å². The Morgan fingerprint density at radius 3 is 2.26 bits per heavy atom. The summed E-state index contributed by atoms with van der Waals surface area (Å²) in [6, 6.07) is 6.84. The van der Waals surface area contributed by atoms with E-state index in [-0.39, 0.29) is 18.2 Å². The SMILES string of the molecule is CC(C)C(NC(=O)Cc1ccccc1CN)C(N)=O. The van der Waals surface area contributed by atoms with Gasteiger partial charge in [0.05, 0.1) is 6.42 Å². The van der Waals surface area contributed by atoms with Crippen molar-refractivity contribution in [1.82, 2.24) is 5.32 Å². The summed E-state index contributed by atoms with van der Waals surface area (Å²) in [5.41, 5.74) is 12.7. The van der Waals surface area contributed by atoms with Crippen molar-refractivity contribution in [3.05, 3.63) is 35.4 Å². The molecule has 1 rings (SSSR count). The van der Waals surface area contributed by atoms with Gasteiger partial charge < -0.3 is 16.8 Å². The lowest BCUT2D eigenvalue weighted by atomic mass is 10.0. The topological polar surface area (TPSA) is 98.2 Å². The molecule has 5 N–H and O–H groups in total. The Balaban J connectivity index is 2.72. The highest BCUT2D eigenvalue weighted by atomic mass is 16.2.